The highest BCUT2D eigenvalue weighted by Crippen LogP contribution is 2.24. The van der Waals surface area contributed by atoms with E-state index in [1.165, 1.54) is 4.88 Å². The minimum absolute atomic E-state index is 0.0831. The molecule has 2 rings (SSSR count). The zero-order chi connectivity index (χ0) is 19.1. The molecular formula is C18H21Cl2N3O2S. The number of carbonyl (C=O) groups is 2. The summed E-state index contributed by atoms with van der Waals surface area (Å²) in [5.74, 6) is -0.337. The van der Waals surface area contributed by atoms with Gasteiger partial charge in [-0.2, -0.15) is 0 Å². The summed E-state index contributed by atoms with van der Waals surface area (Å²) in [6.07, 6.45) is 0.803. The normalized spacial score (nSPS) is 12.0. The maximum absolute atomic E-state index is 12.2. The van der Waals surface area contributed by atoms with Crippen LogP contribution in [0.5, 0.6) is 0 Å². The van der Waals surface area contributed by atoms with Gasteiger partial charge in [0.1, 0.15) is 0 Å². The van der Waals surface area contributed by atoms with Crippen LogP contribution in [0.1, 0.15) is 11.8 Å². The number of nitrogens with one attached hydrogen (secondary N) is 2. The second-order valence-electron chi connectivity index (χ2n) is 5.89. The molecule has 1 heterocycles. The Morgan fingerprint density at radius 1 is 1.23 bits per heavy atom. The van der Waals surface area contributed by atoms with Crippen LogP contribution in [0.3, 0.4) is 0 Å². The lowest BCUT2D eigenvalue weighted by Crippen LogP contribution is -2.46. The first kappa shape index (κ1) is 20.7. The first-order valence-electron chi connectivity index (χ1n) is 8.12. The molecule has 0 aliphatic rings. The third-order valence-electron chi connectivity index (χ3n) is 3.89. The molecule has 8 heteroatoms. The Bertz CT molecular complexity index is 753. The molecule has 0 fully saturated rings. The van der Waals surface area contributed by atoms with Crippen LogP contribution >= 0.6 is 34.5 Å². The van der Waals surface area contributed by atoms with Gasteiger partial charge in [0.25, 0.3) is 0 Å². The molecule has 0 aliphatic heterocycles. The lowest BCUT2D eigenvalue weighted by molar-refractivity contribution is -0.126. The van der Waals surface area contributed by atoms with Crippen molar-refractivity contribution in [2.24, 2.45) is 0 Å². The van der Waals surface area contributed by atoms with E-state index in [-0.39, 0.29) is 18.4 Å². The maximum atomic E-state index is 12.2. The largest absolute Gasteiger partial charge is 0.354 e. The van der Waals surface area contributed by atoms with E-state index in [0.717, 1.165) is 6.42 Å². The van der Waals surface area contributed by atoms with Crippen LogP contribution in [0, 0.1) is 0 Å². The summed E-state index contributed by atoms with van der Waals surface area (Å²) < 4.78 is 0. The molecule has 0 saturated heterocycles. The van der Waals surface area contributed by atoms with E-state index >= 15 is 0 Å². The van der Waals surface area contributed by atoms with Gasteiger partial charge in [-0.15, -0.1) is 11.3 Å². The molecule has 140 valence electrons. The van der Waals surface area contributed by atoms with Crippen molar-refractivity contribution in [3.05, 3.63) is 50.6 Å². The highest BCUT2D eigenvalue weighted by Gasteiger charge is 2.20. The van der Waals surface area contributed by atoms with Crippen LogP contribution < -0.4 is 10.6 Å². The fourth-order valence-corrected chi connectivity index (χ4v) is 3.26. The number of rotatable bonds is 8. The highest BCUT2D eigenvalue weighted by molar-refractivity contribution is 7.09. The summed E-state index contributed by atoms with van der Waals surface area (Å²) in [5, 5.41) is 8.45. The number of hydrogen-bond acceptors (Lipinski definition) is 4. The molecule has 0 unspecified atom stereocenters. The van der Waals surface area contributed by atoms with E-state index in [9.17, 15) is 9.59 Å². The molecule has 2 amide bonds. The predicted molar refractivity (Wildman–Crippen MR) is 108 cm³/mol. The molecule has 0 radical (unpaired) electrons. The predicted octanol–water partition coefficient (Wildman–Crippen LogP) is 3.67. The summed E-state index contributed by atoms with van der Waals surface area (Å²) in [6.45, 7) is 2.43. The molecule has 2 aromatic rings. The fourth-order valence-electron chi connectivity index (χ4n) is 2.25. The number of hydrogen-bond donors (Lipinski definition) is 2. The van der Waals surface area contributed by atoms with Crippen LogP contribution in [0.2, 0.25) is 10.0 Å². The van der Waals surface area contributed by atoms with Crippen molar-refractivity contribution in [2.75, 3.05) is 25.5 Å². The molecule has 1 atom stereocenters. The molecule has 1 aromatic heterocycles. The van der Waals surface area contributed by atoms with Crippen LogP contribution in [0.25, 0.3) is 0 Å². The van der Waals surface area contributed by atoms with E-state index in [1.54, 1.807) is 48.4 Å². The van der Waals surface area contributed by atoms with Gasteiger partial charge in [-0.25, -0.2) is 0 Å². The van der Waals surface area contributed by atoms with Crippen molar-refractivity contribution < 1.29 is 9.59 Å². The number of amides is 2. The minimum Gasteiger partial charge on any atom is -0.354 e. The van der Waals surface area contributed by atoms with Crippen LogP contribution in [-0.4, -0.2) is 42.9 Å². The van der Waals surface area contributed by atoms with Crippen molar-refractivity contribution in [1.29, 1.82) is 0 Å². The first-order valence-corrected chi connectivity index (χ1v) is 9.75. The second kappa shape index (κ2) is 9.92. The lowest BCUT2D eigenvalue weighted by Gasteiger charge is -2.23. The molecule has 2 N–H and O–H groups in total. The molecule has 0 aliphatic carbocycles. The van der Waals surface area contributed by atoms with Gasteiger partial charge in [0.2, 0.25) is 11.8 Å². The van der Waals surface area contributed by atoms with Crippen molar-refractivity contribution in [3.8, 4) is 0 Å². The molecule has 0 spiro atoms. The summed E-state index contributed by atoms with van der Waals surface area (Å²) in [7, 11) is 1.73. The van der Waals surface area contributed by atoms with Crippen molar-refractivity contribution in [2.45, 2.75) is 19.4 Å². The standard InChI is InChI=1S/C18H21Cl2N3O2S/c1-12(18(25)21-8-7-14-4-3-9-26-14)23(2)11-17(24)22-13-5-6-15(19)16(20)10-13/h3-6,9-10,12H,7-8,11H2,1-2H3,(H,21,25)(H,22,24)/t12-/m1/s1. The topological polar surface area (TPSA) is 61.4 Å². The Morgan fingerprint density at radius 3 is 2.65 bits per heavy atom. The SMILES string of the molecule is C[C@H](C(=O)NCCc1cccs1)N(C)CC(=O)Nc1ccc(Cl)c(Cl)c1. The van der Waals surface area contributed by atoms with Crippen molar-refractivity contribution in [3.63, 3.8) is 0 Å². The number of halogens is 2. The third kappa shape index (κ3) is 6.29. The highest BCUT2D eigenvalue weighted by atomic mass is 35.5. The summed E-state index contributed by atoms with van der Waals surface area (Å²) in [6, 6.07) is 8.49. The zero-order valence-corrected chi connectivity index (χ0v) is 16.9. The van der Waals surface area contributed by atoms with Crippen LogP contribution in [0.4, 0.5) is 5.69 Å². The monoisotopic (exact) mass is 413 g/mol. The average Bonchev–Trinajstić information content (AvgIpc) is 3.10. The molecule has 0 bridgehead atoms. The molecule has 1 aromatic carbocycles. The molecular weight excluding hydrogens is 393 g/mol. The van der Waals surface area contributed by atoms with Gasteiger partial charge in [-0.3, -0.25) is 14.5 Å². The van der Waals surface area contributed by atoms with Crippen LogP contribution in [0.15, 0.2) is 35.7 Å². The number of benzene rings is 1. The van der Waals surface area contributed by atoms with Gasteiger partial charge < -0.3 is 10.6 Å². The average molecular weight is 414 g/mol. The maximum Gasteiger partial charge on any atom is 0.238 e. The zero-order valence-electron chi connectivity index (χ0n) is 14.6. The van der Waals surface area contributed by atoms with Gasteiger partial charge in [-0.1, -0.05) is 29.3 Å². The Kier molecular flexibility index (Phi) is 7.90. The van der Waals surface area contributed by atoms with Gasteiger partial charge >= 0.3 is 0 Å². The quantitative estimate of drug-likeness (QED) is 0.693. The Hall–Kier alpha value is -1.60. The summed E-state index contributed by atoms with van der Waals surface area (Å²) in [5.41, 5.74) is 0.561. The van der Waals surface area contributed by atoms with E-state index < -0.39 is 6.04 Å². The van der Waals surface area contributed by atoms with E-state index in [4.69, 9.17) is 23.2 Å². The van der Waals surface area contributed by atoms with Gasteiger partial charge in [0, 0.05) is 17.1 Å². The number of nitrogens with zero attached hydrogens (tertiary/aromatic N) is 1. The van der Waals surface area contributed by atoms with Crippen LogP contribution in [-0.2, 0) is 16.0 Å². The fraction of sp³-hybridized carbons (Fsp3) is 0.333. The first-order chi connectivity index (χ1) is 12.4. The number of likely N-dealkylation sites (N-methyl/N-ethyl adjacent to an activating group) is 1. The van der Waals surface area contributed by atoms with E-state index in [2.05, 4.69) is 10.6 Å². The smallest absolute Gasteiger partial charge is 0.238 e. The number of carbonyl (C=O) groups excluding carboxylic acids is 2. The Morgan fingerprint density at radius 2 is 2.00 bits per heavy atom. The second-order valence-corrected chi connectivity index (χ2v) is 7.74. The van der Waals surface area contributed by atoms with Crippen molar-refractivity contribution in [1.82, 2.24) is 10.2 Å². The van der Waals surface area contributed by atoms with Gasteiger partial charge in [0.15, 0.2) is 0 Å². The number of anilines is 1. The van der Waals surface area contributed by atoms with E-state index in [0.29, 0.717) is 22.3 Å². The summed E-state index contributed by atoms with van der Waals surface area (Å²) >= 11 is 13.5. The van der Waals surface area contributed by atoms with Gasteiger partial charge in [-0.05, 0) is 50.0 Å². The Labute approximate surface area is 167 Å². The summed E-state index contributed by atoms with van der Waals surface area (Å²) in [4.78, 5) is 27.3. The molecule has 0 saturated carbocycles. The van der Waals surface area contributed by atoms with Gasteiger partial charge in [0.05, 0.1) is 22.6 Å². The lowest BCUT2D eigenvalue weighted by atomic mass is 10.2. The Balaban J connectivity index is 1.77. The van der Waals surface area contributed by atoms with E-state index in [1.807, 2.05) is 17.5 Å². The molecule has 26 heavy (non-hydrogen) atoms. The minimum atomic E-state index is -0.419. The van der Waals surface area contributed by atoms with Crippen molar-refractivity contribution >= 4 is 52.0 Å². The molecule has 5 nitrogen and oxygen atoms in total. The number of thiophene rings is 1. The third-order valence-corrected chi connectivity index (χ3v) is 5.56.